The molecular formula is C15H9BrN2O4. The van der Waals surface area contributed by atoms with E-state index in [0.29, 0.717) is 15.5 Å². The number of aromatic nitrogens is 1. The van der Waals surface area contributed by atoms with E-state index in [2.05, 4.69) is 21.1 Å². The highest BCUT2D eigenvalue weighted by molar-refractivity contribution is 9.10. The molecule has 0 aliphatic carbocycles. The summed E-state index contributed by atoms with van der Waals surface area (Å²) < 4.78 is 1.85. The predicted molar refractivity (Wildman–Crippen MR) is 86.0 cm³/mol. The van der Waals surface area contributed by atoms with Gasteiger partial charge in [0.25, 0.3) is 5.56 Å². The van der Waals surface area contributed by atoms with E-state index in [1.165, 1.54) is 29.0 Å². The summed E-state index contributed by atoms with van der Waals surface area (Å²) in [4.78, 5) is 23.6. The lowest BCUT2D eigenvalue weighted by molar-refractivity contribution is 0.475. The summed E-state index contributed by atoms with van der Waals surface area (Å²) in [5.41, 5.74) is -0.0531. The van der Waals surface area contributed by atoms with Crippen LogP contribution < -0.4 is 5.56 Å². The summed E-state index contributed by atoms with van der Waals surface area (Å²) in [5, 5.41) is 22.3. The van der Waals surface area contributed by atoms with Crippen molar-refractivity contribution in [3.05, 3.63) is 62.3 Å². The zero-order chi connectivity index (χ0) is 15.9. The van der Waals surface area contributed by atoms with Gasteiger partial charge in [0.05, 0.1) is 5.39 Å². The zero-order valence-electron chi connectivity index (χ0n) is 11.0. The molecule has 0 spiro atoms. The van der Waals surface area contributed by atoms with Crippen molar-refractivity contribution >= 4 is 32.4 Å². The van der Waals surface area contributed by atoms with Crippen LogP contribution in [0.1, 0.15) is 0 Å². The van der Waals surface area contributed by atoms with E-state index in [1.54, 1.807) is 12.1 Å². The number of rotatable bonds is 2. The maximum absolute atomic E-state index is 12.7. The van der Waals surface area contributed by atoms with Gasteiger partial charge in [-0.25, -0.2) is 0 Å². The number of pyridine rings is 1. The first-order chi connectivity index (χ1) is 10.5. The van der Waals surface area contributed by atoms with E-state index in [0.717, 1.165) is 6.07 Å². The summed E-state index contributed by atoms with van der Waals surface area (Å²) in [6.07, 6.45) is 1.53. The van der Waals surface area contributed by atoms with Gasteiger partial charge in [-0.3, -0.25) is 9.36 Å². The number of fused-ring (bicyclic) bond motifs is 1. The third-order valence-electron chi connectivity index (χ3n) is 3.26. The molecule has 0 unspecified atom stereocenters. The Hall–Kier alpha value is -2.67. The standard InChI is InChI=1S/C15H9BrN2O4/c16-12-7-18(8-1-3-9(19)4-2-8)15(21)14-11(12)5-10(20)6-13(14)17-22/h1-7,19-20H. The van der Waals surface area contributed by atoms with Crippen LogP contribution in [-0.2, 0) is 0 Å². The molecule has 0 radical (unpaired) electrons. The molecule has 1 aromatic heterocycles. The van der Waals surface area contributed by atoms with Gasteiger partial charge in [-0.2, -0.15) is 0 Å². The predicted octanol–water partition coefficient (Wildman–Crippen LogP) is 3.56. The minimum atomic E-state index is -0.446. The number of hydrogen-bond donors (Lipinski definition) is 2. The number of nitroso groups, excluding NO2 is 1. The molecule has 3 rings (SSSR count). The van der Waals surface area contributed by atoms with Crippen molar-refractivity contribution in [2.45, 2.75) is 0 Å². The summed E-state index contributed by atoms with van der Waals surface area (Å²) in [5.74, 6) is -0.0681. The fraction of sp³-hybridized carbons (Fsp3) is 0. The van der Waals surface area contributed by atoms with Crippen molar-refractivity contribution in [1.29, 1.82) is 0 Å². The van der Waals surface area contributed by atoms with E-state index in [4.69, 9.17) is 0 Å². The Labute approximate surface area is 132 Å². The van der Waals surface area contributed by atoms with Gasteiger partial charge in [0.2, 0.25) is 0 Å². The number of phenolic OH excluding ortho intramolecular Hbond substituents is 2. The monoisotopic (exact) mass is 360 g/mol. The topological polar surface area (TPSA) is 91.9 Å². The fourth-order valence-corrected chi connectivity index (χ4v) is 2.78. The van der Waals surface area contributed by atoms with Crippen molar-refractivity contribution in [2.75, 3.05) is 0 Å². The van der Waals surface area contributed by atoms with Crippen molar-refractivity contribution in [3.63, 3.8) is 0 Å². The lowest BCUT2D eigenvalue weighted by atomic mass is 10.1. The Morgan fingerprint density at radius 2 is 1.73 bits per heavy atom. The third kappa shape index (κ3) is 2.25. The molecule has 0 atom stereocenters. The quantitative estimate of drug-likeness (QED) is 0.683. The minimum absolute atomic E-state index is 0.0804. The molecule has 2 N–H and O–H groups in total. The van der Waals surface area contributed by atoms with Crippen LogP contribution >= 0.6 is 15.9 Å². The molecule has 0 bridgehead atoms. The second-order valence-corrected chi connectivity index (χ2v) is 5.50. The second kappa shape index (κ2) is 5.27. The lowest BCUT2D eigenvalue weighted by Crippen LogP contribution is -2.18. The van der Waals surface area contributed by atoms with Crippen molar-refractivity contribution in [1.82, 2.24) is 4.57 Å². The molecule has 0 fully saturated rings. The minimum Gasteiger partial charge on any atom is -0.508 e. The molecule has 0 saturated carbocycles. The van der Waals surface area contributed by atoms with Gasteiger partial charge < -0.3 is 10.2 Å². The maximum atomic E-state index is 12.7. The smallest absolute Gasteiger partial charge is 0.265 e. The van der Waals surface area contributed by atoms with Gasteiger partial charge in [0, 0.05) is 27.8 Å². The largest absolute Gasteiger partial charge is 0.508 e. The summed E-state index contributed by atoms with van der Waals surface area (Å²) in [6.45, 7) is 0. The molecule has 0 aliphatic rings. The van der Waals surface area contributed by atoms with E-state index >= 15 is 0 Å². The molecule has 0 amide bonds. The molecular weight excluding hydrogens is 352 g/mol. The third-order valence-corrected chi connectivity index (χ3v) is 3.89. The lowest BCUT2D eigenvalue weighted by Gasteiger charge is -2.10. The highest BCUT2D eigenvalue weighted by Gasteiger charge is 2.14. The Morgan fingerprint density at radius 3 is 2.36 bits per heavy atom. The van der Waals surface area contributed by atoms with E-state index in [-0.39, 0.29) is 22.6 Å². The highest BCUT2D eigenvalue weighted by atomic mass is 79.9. The van der Waals surface area contributed by atoms with Crippen LogP contribution in [0.4, 0.5) is 5.69 Å². The van der Waals surface area contributed by atoms with E-state index in [1.807, 2.05) is 0 Å². The Balaban J connectivity index is 2.42. The van der Waals surface area contributed by atoms with Gasteiger partial charge in [0.15, 0.2) is 0 Å². The molecule has 7 heteroatoms. The van der Waals surface area contributed by atoms with E-state index in [9.17, 15) is 19.9 Å². The van der Waals surface area contributed by atoms with Crippen LogP contribution in [0.3, 0.4) is 0 Å². The Kier molecular flexibility index (Phi) is 3.42. The van der Waals surface area contributed by atoms with Crippen LogP contribution in [0.15, 0.2) is 57.0 Å². The zero-order valence-corrected chi connectivity index (χ0v) is 12.6. The van der Waals surface area contributed by atoms with Crippen molar-refractivity contribution < 1.29 is 10.2 Å². The SMILES string of the molecule is O=Nc1cc(O)cc2c(Br)cn(-c3ccc(O)cc3)c(=O)c12. The highest BCUT2D eigenvalue weighted by Crippen LogP contribution is 2.33. The number of hydrogen-bond acceptors (Lipinski definition) is 5. The molecule has 110 valence electrons. The van der Waals surface area contributed by atoms with E-state index < -0.39 is 5.56 Å². The summed E-state index contributed by atoms with van der Waals surface area (Å²) in [6, 6.07) is 8.58. The van der Waals surface area contributed by atoms with Crippen LogP contribution in [0.5, 0.6) is 11.5 Å². The molecule has 22 heavy (non-hydrogen) atoms. The van der Waals surface area contributed by atoms with Crippen LogP contribution in [-0.4, -0.2) is 14.8 Å². The Morgan fingerprint density at radius 1 is 1.05 bits per heavy atom. The summed E-state index contributed by atoms with van der Waals surface area (Å²) in [7, 11) is 0. The first-order valence-corrected chi connectivity index (χ1v) is 7.01. The van der Waals surface area contributed by atoms with Crippen molar-refractivity contribution in [3.8, 4) is 17.2 Å². The van der Waals surface area contributed by atoms with Gasteiger partial charge >= 0.3 is 0 Å². The number of aromatic hydroxyl groups is 2. The molecule has 0 aliphatic heterocycles. The second-order valence-electron chi connectivity index (χ2n) is 4.65. The molecule has 6 nitrogen and oxygen atoms in total. The number of halogens is 1. The van der Waals surface area contributed by atoms with Gasteiger partial charge in [-0.05, 0) is 51.4 Å². The van der Waals surface area contributed by atoms with Gasteiger partial charge in [-0.1, -0.05) is 0 Å². The summed E-state index contributed by atoms with van der Waals surface area (Å²) >= 11 is 3.33. The first kappa shape index (κ1) is 14.3. The molecule has 1 heterocycles. The number of phenols is 2. The first-order valence-electron chi connectivity index (χ1n) is 6.22. The maximum Gasteiger partial charge on any atom is 0.265 e. The van der Waals surface area contributed by atoms with Crippen LogP contribution in [0, 0.1) is 4.91 Å². The average molecular weight is 361 g/mol. The normalized spacial score (nSPS) is 10.8. The molecule has 3 aromatic rings. The number of benzene rings is 2. The fourth-order valence-electron chi connectivity index (χ4n) is 2.26. The Bertz CT molecular complexity index is 948. The number of nitrogens with zero attached hydrogens (tertiary/aromatic N) is 2. The van der Waals surface area contributed by atoms with Gasteiger partial charge in [-0.15, -0.1) is 4.91 Å². The molecule has 2 aromatic carbocycles. The molecule has 0 saturated heterocycles. The van der Waals surface area contributed by atoms with Crippen LogP contribution in [0.2, 0.25) is 0 Å². The van der Waals surface area contributed by atoms with Crippen LogP contribution in [0.25, 0.3) is 16.5 Å². The average Bonchev–Trinajstić information content (AvgIpc) is 2.51. The van der Waals surface area contributed by atoms with Gasteiger partial charge in [0.1, 0.15) is 17.2 Å². The van der Waals surface area contributed by atoms with Crippen molar-refractivity contribution in [2.24, 2.45) is 5.18 Å².